The highest BCUT2D eigenvalue weighted by molar-refractivity contribution is 6.24. The molecule has 1 aliphatic heterocycles. The minimum absolute atomic E-state index is 0.0300. The van der Waals surface area contributed by atoms with E-state index in [-0.39, 0.29) is 11.5 Å². The van der Waals surface area contributed by atoms with Crippen molar-refractivity contribution < 1.29 is 19.4 Å². The second kappa shape index (κ2) is 5.76. The van der Waals surface area contributed by atoms with E-state index in [2.05, 4.69) is 0 Å². The van der Waals surface area contributed by atoms with E-state index in [0.717, 1.165) is 17.5 Å². The van der Waals surface area contributed by atoms with Gasteiger partial charge >= 0.3 is 0 Å². The molecule has 0 saturated carbocycles. The summed E-state index contributed by atoms with van der Waals surface area (Å²) in [5, 5.41) is 10.8. The molecule has 1 aromatic rings. The van der Waals surface area contributed by atoms with Gasteiger partial charge in [-0.3, -0.25) is 4.79 Å². The van der Waals surface area contributed by atoms with Gasteiger partial charge in [0.05, 0.1) is 12.7 Å². The number of carbonyl (C=O) groups excluding carboxylic acids is 1. The summed E-state index contributed by atoms with van der Waals surface area (Å²) < 4.78 is 10.7. The van der Waals surface area contributed by atoms with Crippen molar-refractivity contribution >= 4 is 11.4 Å². The molecular formula is C18H22O4. The first kappa shape index (κ1) is 15.1. The summed E-state index contributed by atoms with van der Waals surface area (Å²) in [5.41, 5.74) is 1.93. The third kappa shape index (κ3) is 2.31. The van der Waals surface area contributed by atoms with Gasteiger partial charge in [0.2, 0.25) is 0 Å². The number of aliphatic hydroxyl groups is 1. The quantitative estimate of drug-likeness (QED) is 0.931. The number of allylic oxidation sites excluding steroid dienone is 2. The van der Waals surface area contributed by atoms with Crippen LogP contribution in [0.15, 0.2) is 24.0 Å². The Balaban J connectivity index is 2.11. The molecule has 0 aromatic heterocycles. The van der Waals surface area contributed by atoms with Crippen LogP contribution in [-0.2, 0) is 16.0 Å². The molecule has 4 heteroatoms. The zero-order chi connectivity index (χ0) is 15.7. The maximum absolute atomic E-state index is 12.6. The molecule has 0 bridgehead atoms. The average molecular weight is 302 g/mol. The molecule has 0 atom stereocenters. The van der Waals surface area contributed by atoms with E-state index in [1.807, 2.05) is 25.1 Å². The van der Waals surface area contributed by atoms with Crippen LogP contribution in [0.1, 0.15) is 37.3 Å². The van der Waals surface area contributed by atoms with E-state index in [1.165, 1.54) is 0 Å². The van der Waals surface area contributed by atoms with Gasteiger partial charge in [0, 0.05) is 25.0 Å². The second-order valence-electron chi connectivity index (χ2n) is 6.09. The second-order valence-corrected chi connectivity index (χ2v) is 6.09. The van der Waals surface area contributed by atoms with E-state index in [1.54, 1.807) is 7.11 Å². The van der Waals surface area contributed by atoms with E-state index in [9.17, 15) is 9.90 Å². The van der Waals surface area contributed by atoms with E-state index in [4.69, 9.17) is 9.47 Å². The Morgan fingerprint density at radius 3 is 2.68 bits per heavy atom. The van der Waals surface area contributed by atoms with Gasteiger partial charge in [0.15, 0.2) is 5.78 Å². The van der Waals surface area contributed by atoms with Crippen LogP contribution in [0.3, 0.4) is 0 Å². The number of hydrogen-bond acceptors (Lipinski definition) is 4. The van der Waals surface area contributed by atoms with Gasteiger partial charge in [-0.05, 0) is 42.5 Å². The van der Waals surface area contributed by atoms with Gasteiger partial charge < -0.3 is 14.6 Å². The van der Waals surface area contributed by atoms with E-state index in [0.29, 0.717) is 43.8 Å². The van der Waals surface area contributed by atoms with Crippen LogP contribution >= 0.6 is 0 Å². The van der Waals surface area contributed by atoms with Crippen LogP contribution in [0.4, 0.5) is 0 Å². The SMILES string of the molecule is CCc1ccc(OC)cc1C1=C(O)C2(CCOCC2)CC1=O. The first-order valence-electron chi connectivity index (χ1n) is 7.83. The molecule has 2 aliphatic rings. The van der Waals surface area contributed by atoms with Crippen LogP contribution in [0.25, 0.3) is 5.57 Å². The van der Waals surface area contributed by atoms with Crippen molar-refractivity contribution in [2.45, 2.75) is 32.6 Å². The van der Waals surface area contributed by atoms with Gasteiger partial charge in [-0.15, -0.1) is 0 Å². The summed E-state index contributed by atoms with van der Waals surface area (Å²) in [6.07, 6.45) is 2.61. The summed E-state index contributed by atoms with van der Waals surface area (Å²) in [5.74, 6) is 0.985. The van der Waals surface area contributed by atoms with Crippen molar-refractivity contribution in [3.63, 3.8) is 0 Å². The van der Waals surface area contributed by atoms with E-state index < -0.39 is 5.41 Å². The Morgan fingerprint density at radius 2 is 2.05 bits per heavy atom. The van der Waals surface area contributed by atoms with Crippen molar-refractivity contribution in [1.82, 2.24) is 0 Å². The van der Waals surface area contributed by atoms with Gasteiger partial charge in [0.25, 0.3) is 0 Å². The smallest absolute Gasteiger partial charge is 0.167 e. The van der Waals surface area contributed by atoms with Gasteiger partial charge in [-0.2, -0.15) is 0 Å². The number of methoxy groups -OCH3 is 1. The minimum atomic E-state index is -0.418. The van der Waals surface area contributed by atoms with Gasteiger partial charge in [0.1, 0.15) is 11.5 Å². The van der Waals surface area contributed by atoms with Crippen LogP contribution in [0, 0.1) is 5.41 Å². The average Bonchev–Trinajstić information content (AvgIpc) is 2.77. The molecule has 1 fully saturated rings. The zero-order valence-electron chi connectivity index (χ0n) is 13.1. The van der Waals surface area contributed by atoms with Crippen LogP contribution in [0.2, 0.25) is 0 Å². The van der Waals surface area contributed by atoms with Crippen molar-refractivity contribution in [3.8, 4) is 5.75 Å². The number of benzene rings is 1. The molecule has 22 heavy (non-hydrogen) atoms. The first-order chi connectivity index (χ1) is 10.6. The number of ether oxygens (including phenoxy) is 2. The van der Waals surface area contributed by atoms with Crippen molar-refractivity contribution in [1.29, 1.82) is 0 Å². The maximum Gasteiger partial charge on any atom is 0.167 e. The standard InChI is InChI=1S/C18H22O4/c1-3-12-4-5-13(21-2)10-14(12)16-15(19)11-18(17(16)20)6-8-22-9-7-18/h4-5,10,20H,3,6-9,11H2,1-2H3. The van der Waals surface area contributed by atoms with Crippen molar-refractivity contribution in [2.75, 3.05) is 20.3 Å². The highest BCUT2D eigenvalue weighted by Crippen LogP contribution is 2.50. The zero-order valence-corrected chi connectivity index (χ0v) is 13.1. The summed E-state index contributed by atoms with van der Waals surface area (Å²) in [7, 11) is 1.61. The highest BCUT2D eigenvalue weighted by Gasteiger charge is 2.47. The summed E-state index contributed by atoms with van der Waals surface area (Å²) in [4.78, 5) is 12.6. The molecule has 1 heterocycles. The molecule has 1 aromatic carbocycles. The monoisotopic (exact) mass is 302 g/mol. The summed E-state index contributed by atoms with van der Waals surface area (Å²) in [6.45, 7) is 3.25. The Morgan fingerprint density at radius 1 is 1.32 bits per heavy atom. The number of aliphatic hydroxyl groups excluding tert-OH is 1. The Labute approximate surface area is 130 Å². The highest BCUT2D eigenvalue weighted by atomic mass is 16.5. The molecule has 4 nitrogen and oxygen atoms in total. The topological polar surface area (TPSA) is 55.8 Å². The molecular weight excluding hydrogens is 280 g/mol. The maximum atomic E-state index is 12.6. The lowest BCUT2D eigenvalue weighted by atomic mass is 9.78. The fraction of sp³-hybridized carbons (Fsp3) is 0.500. The number of aryl methyl sites for hydroxylation is 1. The molecule has 1 aliphatic carbocycles. The number of Topliss-reactive ketones (excluding diaryl/α,β-unsaturated/α-hetero) is 1. The van der Waals surface area contributed by atoms with Crippen LogP contribution in [0.5, 0.6) is 5.75 Å². The molecule has 0 unspecified atom stereocenters. The predicted octanol–water partition coefficient (Wildman–Crippen LogP) is 3.30. The largest absolute Gasteiger partial charge is 0.511 e. The molecule has 118 valence electrons. The Kier molecular flexibility index (Phi) is 3.96. The van der Waals surface area contributed by atoms with Crippen molar-refractivity contribution in [3.05, 3.63) is 35.1 Å². The number of rotatable bonds is 3. The summed E-state index contributed by atoms with van der Waals surface area (Å²) in [6, 6.07) is 5.72. The third-order valence-electron chi connectivity index (χ3n) is 4.93. The van der Waals surface area contributed by atoms with Gasteiger partial charge in [-0.25, -0.2) is 0 Å². The summed E-state index contributed by atoms with van der Waals surface area (Å²) >= 11 is 0. The molecule has 1 N–H and O–H groups in total. The molecule has 1 spiro atoms. The predicted molar refractivity (Wildman–Crippen MR) is 84.0 cm³/mol. The lowest BCUT2D eigenvalue weighted by molar-refractivity contribution is -0.115. The Bertz CT molecular complexity index is 624. The van der Waals surface area contributed by atoms with Gasteiger partial charge in [-0.1, -0.05) is 13.0 Å². The number of ketones is 1. The first-order valence-corrected chi connectivity index (χ1v) is 7.83. The molecule has 3 rings (SSSR count). The van der Waals surface area contributed by atoms with E-state index >= 15 is 0 Å². The number of carbonyl (C=O) groups is 1. The van der Waals surface area contributed by atoms with Crippen LogP contribution in [-0.4, -0.2) is 31.2 Å². The molecule has 0 amide bonds. The molecule has 1 saturated heterocycles. The fourth-order valence-electron chi connectivity index (χ4n) is 3.55. The fourth-order valence-corrected chi connectivity index (χ4v) is 3.55. The lowest BCUT2D eigenvalue weighted by Gasteiger charge is -2.32. The van der Waals surface area contributed by atoms with Crippen LogP contribution < -0.4 is 4.74 Å². The van der Waals surface area contributed by atoms with Crippen molar-refractivity contribution in [2.24, 2.45) is 5.41 Å². The normalized spacial score (nSPS) is 20.7. The number of hydrogen-bond donors (Lipinski definition) is 1. The third-order valence-corrected chi connectivity index (χ3v) is 4.93. The lowest BCUT2D eigenvalue weighted by Crippen LogP contribution is -2.29. The Hall–Kier alpha value is -1.81. The minimum Gasteiger partial charge on any atom is -0.511 e. The molecule has 0 radical (unpaired) electrons.